The van der Waals surface area contributed by atoms with Gasteiger partial charge in [0.2, 0.25) is 0 Å². The molecule has 0 amide bonds. The van der Waals surface area contributed by atoms with Crippen molar-refractivity contribution in [2.24, 2.45) is 5.92 Å². The molecule has 1 heterocycles. The summed E-state index contributed by atoms with van der Waals surface area (Å²) in [5, 5.41) is 0. The molecule has 0 aromatic rings. The van der Waals surface area contributed by atoms with E-state index in [-0.39, 0.29) is 0 Å². The van der Waals surface area contributed by atoms with Gasteiger partial charge in [0, 0.05) is 5.54 Å². The molecule has 0 radical (unpaired) electrons. The third-order valence-electron chi connectivity index (χ3n) is 4.01. The van der Waals surface area contributed by atoms with E-state index in [4.69, 9.17) is 4.74 Å². The first-order valence-corrected chi connectivity index (χ1v) is 9.93. The highest BCUT2D eigenvalue weighted by atomic mass is 28.3. The highest BCUT2D eigenvalue weighted by Crippen LogP contribution is 2.50. The Kier molecular flexibility index (Phi) is 2.97. The van der Waals surface area contributed by atoms with E-state index < -0.39 is 8.07 Å². The molecule has 0 aromatic heterocycles. The monoisotopic (exact) mass is 224 g/mol. The van der Waals surface area contributed by atoms with E-state index in [0.717, 1.165) is 17.2 Å². The van der Waals surface area contributed by atoms with Gasteiger partial charge < -0.3 is 4.74 Å². The molecule has 2 rings (SSSR count). The largest absolute Gasteiger partial charge is 0.495 e. The zero-order valence-electron chi connectivity index (χ0n) is 10.4. The molecule has 2 heteroatoms. The van der Waals surface area contributed by atoms with Gasteiger partial charge in [-0.25, -0.2) is 0 Å². The lowest BCUT2D eigenvalue weighted by molar-refractivity contribution is -0.0339. The van der Waals surface area contributed by atoms with Crippen molar-refractivity contribution < 1.29 is 4.74 Å². The number of ether oxygens (including phenoxy) is 1. The first kappa shape index (κ1) is 11.2. The maximum absolute atomic E-state index is 5.86. The fourth-order valence-corrected chi connectivity index (χ4v) is 5.59. The molecule has 2 fully saturated rings. The second-order valence-electron chi connectivity index (χ2n) is 6.29. The van der Waals surface area contributed by atoms with Crippen molar-refractivity contribution in [2.45, 2.75) is 63.4 Å². The maximum Gasteiger partial charge on any atom is 0.108 e. The zero-order chi connectivity index (χ0) is 11.1. The Labute approximate surface area is 94.9 Å². The molecule has 0 aromatic carbocycles. The van der Waals surface area contributed by atoms with Crippen LogP contribution in [-0.2, 0) is 4.74 Å². The normalized spacial score (nSPS) is 33.4. The highest BCUT2D eigenvalue weighted by molar-refractivity contribution is 6.78. The topological polar surface area (TPSA) is 9.23 Å². The Bertz CT molecular complexity index is 248. The second-order valence-corrected chi connectivity index (χ2v) is 11.6. The van der Waals surface area contributed by atoms with E-state index >= 15 is 0 Å². The molecule has 1 aliphatic carbocycles. The van der Waals surface area contributed by atoms with E-state index in [2.05, 4.69) is 26.2 Å². The smallest absolute Gasteiger partial charge is 0.108 e. The predicted octanol–water partition coefficient (Wildman–Crippen LogP) is 4.19. The molecule has 2 atom stereocenters. The summed E-state index contributed by atoms with van der Waals surface area (Å²) >= 11 is 0. The van der Waals surface area contributed by atoms with Crippen molar-refractivity contribution in [3.63, 3.8) is 0 Å². The van der Waals surface area contributed by atoms with Crippen molar-refractivity contribution in [3.8, 4) is 0 Å². The van der Waals surface area contributed by atoms with Gasteiger partial charge in [-0.05, 0) is 18.8 Å². The summed E-state index contributed by atoms with van der Waals surface area (Å²) in [6.07, 6.45) is 7.56. The van der Waals surface area contributed by atoms with Crippen LogP contribution in [0, 0.1) is 5.92 Å². The second kappa shape index (κ2) is 3.97. The first-order valence-electron chi connectivity index (χ1n) is 6.35. The number of hydrogen-bond donors (Lipinski definition) is 0. The third kappa shape index (κ3) is 2.15. The first-order chi connectivity index (χ1) is 7.00. The van der Waals surface area contributed by atoms with E-state index in [1.807, 2.05) is 0 Å². The van der Waals surface area contributed by atoms with Gasteiger partial charge in [0.1, 0.15) is 6.10 Å². The van der Waals surface area contributed by atoms with E-state index in [9.17, 15) is 0 Å². The summed E-state index contributed by atoms with van der Waals surface area (Å²) in [7, 11) is -1.11. The van der Waals surface area contributed by atoms with E-state index in [1.54, 1.807) is 0 Å². The van der Waals surface area contributed by atoms with Crippen molar-refractivity contribution in [1.29, 1.82) is 0 Å². The maximum atomic E-state index is 5.86. The lowest BCUT2D eigenvalue weighted by Crippen LogP contribution is -2.50. The van der Waals surface area contributed by atoms with Gasteiger partial charge in [-0.15, -0.1) is 0 Å². The summed E-state index contributed by atoms with van der Waals surface area (Å²) in [5.74, 6) is 1.92. The Morgan fingerprint density at radius 3 is 2.20 bits per heavy atom. The van der Waals surface area contributed by atoms with Crippen LogP contribution in [0.15, 0.2) is 12.3 Å². The van der Waals surface area contributed by atoms with Crippen LogP contribution >= 0.6 is 0 Å². The Morgan fingerprint density at radius 1 is 1.13 bits per heavy atom. The molecule has 0 spiro atoms. The Balaban J connectivity index is 2.01. The number of hydrogen-bond acceptors (Lipinski definition) is 1. The Hall–Kier alpha value is -0.243. The summed E-state index contributed by atoms with van der Waals surface area (Å²) in [6, 6.07) is 0. The molecule has 0 unspecified atom stereocenters. The SMILES string of the molecule is C=C1O[C@@H](C2CCCCC2)[C@H]1[Si](C)(C)C. The molecule has 86 valence electrons. The molecular formula is C13H24OSi. The Morgan fingerprint density at radius 2 is 1.73 bits per heavy atom. The van der Waals surface area contributed by atoms with Crippen molar-refractivity contribution in [1.82, 2.24) is 0 Å². The highest BCUT2D eigenvalue weighted by Gasteiger charge is 2.49. The molecule has 15 heavy (non-hydrogen) atoms. The summed E-state index contributed by atoms with van der Waals surface area (Å²) in [6.45, 7) is 11.4. The van der Waals surface area contributed by atoms with Gasteiger partial charge in [-0.1, -0.05) is 45.5 Å². The average molecular weight is 224 g/mol. The number of rotatable bonds is 2. The third-order valence-corrected chi connectivity index (χ3v) is 6.53. The fraction of sp³-hybridized carbons (Fsp3) is 0.846. The van der Waals surface area contributed by atoms with Crippen molar-refractivity contribution in [3.05, 3.63) is 12.3 Å². The van der Waals surface area contributed by atoms with Crippen LogP contribution in [0.1, 0.15) is 32.1 Å². The van der Waals surface area contributed by atoms with Crippen LogP contribution in [0.4, 0.5) is 0 Å². The average Bonchev–Trinajstić information content (AvgIpc) is 2.12. The van der Waals surface area contributed by atoms with Gasteiger partial charge in [0.05, 0.1) is 13.8 Å². The summed E-state index contributed by atoms with van der Waals surface area (Å²) in [4.78, 5) is 0. The summed E-state index contributed by atoms with van der Waals surface area (Å²) in [5.41, 5.74) is 0.723. The zero-order valence-corrected chi connectivity index (χ0v) is 11.4. The molecule has 1 saturated carbocycles. The van der Waals surface area contributed by atoms with Crippen molar-refractivity contribution >= 4 is 8.07 Å². The molecule has 2 aliphatic rings. The van der Waals surface area contributed by atoms with Gasteiger partial charge in [0.15, 0.2) is 0 Å². The minimum atomic E-state index is -1.11. The van der Waals surface area contributed by atoms with Crippen LogP contribution in [0.5, 0.6) is 0 Å². The molecule has 0 N–H and O–H groups in total. The minimum Gasteiger partial charge on any atom is -0.495 e. The molecule has 1 saturated heterocycles. The lowest BCUT2D eigenvalue weighted by atomic mass is 9.82. The van der Waals surface area contributed by atoms with Gasteiger partial charge in [-0.3, -0.25) is 0 Å². The van der Waals surface area contributed by atoms with Crippen LogP contribution in [-0.4, -0.2) is 14.2 Å². The standard InChI is InChI=1S/C13H24OSi/c1-10-13(15(2,3)4)12(14-10)11-8-6-5-7-9-11/h11-13H,1,5-9H2,2-4H3/t12-,13-/m0/s1. The van der Waals surface area contributed by atoms with E-state index in [1.165, 1.54) is 32.1 Å². The van der Waals surface area contributed by atoms with Gasteiger partial charge >= 0.3 is 0 Å². The molecule has 1 aliphatic heterocycles. The lowest BCUT2D eigenvalue weighted by Gasteiger charge is -2.50. The van der Waals surface area contributed by atoms with Crippen LogP contribution < -0.4 is 0 Å². The quantitative estimate of drug-likeness (QED) is 0.639. The summed E-state index contributed by atoms with van der Waals surface area (Å²) < 4.78 is 5.86. The van der Waals surface area contributed by atoms with Crippen LogP contribution in [0.2, 0.25) is 25.2 Å². The fourth-order valence-electron chi connectivity index (χ4n) is 3.23. The molecule has 1 nitrogen and oxygen atoms in total. The minimum absolute atomic E-state index is 0.532. The van der Waals surface area contributed by atoms with Crippen LogP contribution in [0.25, 0.3) is 0 Å². The van der Waals surface area contributed by atoms with Gasteiger partial charge in [-0.2, -0.15) is 0 Å². The van der Waals surface area contributed by atoms with Crippen LogP contribution in [0.3, 0.4) is 0 Å². The van der Waals surface area contributed by atoms with E-state index in [0.29, 0.717) is 6.10 Å². The molecular weight excluding hydrogens is 200 g/mol. The predicted molar refractivity (Wildman–Crippen MR) is 67.7 cm³/mol. The van der Waals surface area contributed by atoms with Gasteiger partial charge in [0.25, 0.3) is 0 Å². The van der Waals surface area contributed by atoms with Crippen molar-refractivity contribution in [2.75, 3.05) is 0 Å². The molecule has 0 bridgehead atoms.